The lowest BCUT2D eigenvalue weighted by molar-refractivity contribution is 0.0941. The summed E-state index contributed by atoms with van der Waals surface area (Å²) in [4.78, 5) is 12.1. The van der Waals surface area contributed by atoms with E-state index >= 15 is 0 Å². The third-order valence-electron chi connectivity index (χ3n) is 2.84. The van der Waals surface area contributed by atoms with E-state index in [1.54, 1.807) is 18.2 Å². The summed E-state index contributed by atoms with van der Waals surface area (Å²) in [7, 11) is 1.53. The minimum atomic E-state index is -0.292. The number of para-hydroxylation sites is 1. The maximum atomic E-state index is 12.1. The number of thiocarbonyl (C=S) groups is 1. The van der Waals surface area contributed by atoms with Gasteiger partial charge in [-0.3, -0.25) is 15.6 Å². The fraction of sp³-hybridized carbons (Fsp3) is 0.125. The Morgan fingerprint density at radius 1 is 1.09 bits per heavy atom. The Morgan fingerprint density at radius 3 is 2.50 bits per heavy atom. The Balaban J connectivity index is 1.82. The quantitative estimate of drug-likeness (QED) is 0.665. The van der Waals surface area contributed by atoms with Gasteiger partial charge in [-0.2, -0.15) is 0 Å². The van der Waals surface area contributed by atoms with Gasteiger partial charge in [0.1, 0.15) is 5.75 Å². The van der Waals surface area contributed by atoms with Gasteiger partial charge in [0.05, 0.1) is 12.7 Å². The molecule has 2 aromatic rings. The van der Waals surface area contributed by atoms with Crippen molar-refractivity contribution in [2.24, 2.45) is 0 Å². The average molecular weight is 332 g/mol. The SMILES string of the molecule is COc1ccccc1C(=O)NNC(=S)SCc1ccccc1. The van der Waals surface area contributed by atoms with Crippen LogP contribution in [0.3, 0.4) is 0 Å². The van der Waals surface area contributed by atoms with Crippen LogP contribution in [-0.2, 0) is 5.75 Å². The number of hydrogen-bond donors (Lipinski definition) is 2. The molecule has 0 unspecified atom stereocenters. The first-order valence-corrected chi connectivity index (χ1v) is 8.00. The lowest BCUT2D eigenvalue weighted by atomic mass is 10.2. The molecule has 114 valence electrons. The maximum Gasteiger partial charge on any atom is 0.273 e. The standard InChI is InChI=1S/C16H16N2O2S2/c1-20-14-10-6-5-9-13(14)15(19)17-18-16(21)22-11-12-7-3-2-4-8-12/h2-10H,11H2,1H3,(H,17,19)(H,18,21). The predicted octanol–water partition coefficient (Wildman–Crippen LogP) is 3.15. The molecular formula is C16H16N2O2S2. The molecular weight excluding hydrogens is 316 g/mol. The van der Waals surface area contributed by atoms with Crippen LogP contribution in [0.1, 0.15) is 15.9 Å². The highest BCUT2D eigenvalue weighted by atomic mass is 32.2. The van der Waals surface area contributed by atoms with Crippen molar-refractivity contribution in [1.29, 1.82) is 0 Å². The molecule has 0 radical (unpaired) electrons. The second-order valence-electron chi connectivity index (χ2n) is 4.34. The fourth-order valence-corrected chi connectivity index (χ4v) is 2.61. The van der Waals surface area contributed by atoms with Crippen molar-refractivity contribution in [2.75, 3.05) is 7.11 Å². The van der Waals surface area contributed by atoms with Crippen molar-refractivity contribution < 1.29 is 9.53 Å². The van der Waals surface area contributed by atoms with Crippen molar-refractivity contribution in [1.82, 2.24) is 10.9 Å². The third-order valence-corrected chi connectivity index (χ3v) is 4.14. The average Bonchev–Trinajstić information content (AvgIpc) is 2.58. The predicted molar refractivity (Wildman–Crippen MR) is 93.9 cm³/mol. The van der Waals surface area contributed by atoms with Gasteiger partial charge in [0.25, 0.3) is 5.91 Å². The van der Waals surface area contributed by atoms with E-state index in [1.165, 1.54) is 24.4 Å². The lowest BCUT2D eigenvalue weighted by Crippen LogP contribution is -2.39. The van der Waals surface area contributed by atoms with Gasteiger partial charge in [0.15, 0.2) is 4.32 Å². The number of methoxy groups -OCH3 is 1. The van der Waals surface area contributed by atoms with Crippen LogP contribution in [-0.4, -0.2) is 17.3 Å². The molecule has 0 bridgehead atoms. The molecule has 1 amide bonds. The number of hydrazine groups is 1. The van der Waals surface area contributed by atoms with E-state index in [-0.39, 0.29) is 5.91 Å². The highest BCUT2D eigenvalue weighted by molar-refractivity contribution is 8.22. The van der Waals surface area contributed by atoms with Crippen molar-refractivity contribution in [3.63, 3.8) is 0 Å². The first-order valence-electron chi connectivity index (χ1n) is 6.61. The molecule has 0 fully saturated rings. The number of hydrogen-bond acceptors (Lipinski definition) is 4. The number of rotatable bonds is 4. The van der Waals surface area contributed by atoms with Crippen molar-refractivity contribution in [2.45, 2.75) is 5.75 Å². The Labute approximate surface area is 139 Å². The number of amides is 1. The van der Waals surface area contributed by atoms with Gasteiger partial charge in [-0.25, -0.2) is 0 Å². The van der Waals surface area contributed by atoms with Crippen LogP contribution in [0.5, 0.6) is 5.75 Å². The van der Waals surface area contributed by atoms with Crippen LogP contribution >= 0.6 is 24.0 Å². The van der Waals surface area contributed by atoms with Crippen LogP contribution in [0, 0.1) is 0 Å². The van der Waals surface area contributed by atoms with Crippen LogP contribution in [0.2, 0.25) is 0 Å². The topological polar surface area (TPSA) is 50.4 Å². The third kappa shape index (κ3) is 4.75. The van der Waals surface area contributed by atoms with Crippen molar-refractivity contribution >= 4 is 34.2 Å². The van der Waals surface area contributed by atoms with E-state index in [1.807, 2.05) is 36.4 Å². The Kier molecular flexibility index (Phi) is 6.24. The van der Waals surface area contributed by atoms with Crippen LogP contribution in [0.15, 0.2) is 54.6 Å². The highest BCUT2D eigenvalue weighted by Gasteiger charge is 2.11. The number of ether oxygens (including phenoxy) is 1. The van der Waals surface area contributed by atoms with Gasteiger partial charge in [-0.05, 0) is 17.7 Å². The summed E-state index contributed by atoms with van der Waals surface area (Å²) in [6.45, 7) is 0. The zero-order valence-corrected chi connectivity index (χ0v) is 13.7. The highest BCUT2D eigenvalue weighted by Crippen LogP contribution is 2.17. The summed E-state index contributed by atoms with van der Waals surface area (Å²) in [5, 5.41) is 0. The maximum absolute atomic E-state index is 12.1. The summed E-state index contributed by atoms with van der Waals surface area (Å²) in [5.41, 5.74) is 6.95. The van der Waals surface area contributed by atoms with Crippen molar-refractivity contribution in [3.8, 4) is 5.75 Å². The fourth-order valence-electron chi connectivity index (χ4n) is 1.77. The Bertz CT molecular complexity index is 648. The summed E-state index contributed by atoms with van der Waals surface area (Å²) < 4.78 is 5.66. The summed E-state index contributed by atoms with van der Waals surface area (Å²) in [6, 6.07) is 17.0. The molecule has 6 heteroatoms. The molecule has 2 rings (SSSR count). The zero-order chi connectivity index (χ0) is 15.8. The number of nitrogens with one attached hydrogen (secondary N) is 2. The van der Waals surface area contributed by atoms with Gasteiger partial charge < -0.3 is 4.74 Å². The molecule has 0 spiro atoms. The van der Waals surface area contributed by atoms with Gasteiger partial charge in [-0.1, -0.05) is 66.4 Å². The number of carbonyl (C=O) groups excluding carboxylic acids is 1. The second-order valence-corrected chi connectivity index (χ2v) is 5.99. The summed E-state index contributed by atoms with van der Waals surface area (Å²) in [6.07, 6.45) is 0. The smallest absolute Gasteiger partial charge is 0.273 e. The molecule has 4 nitrogen and oxygen atoms in total. The monoisotopic (exact) mass is 332 g/mol. The molecule has 0 aliphatic carbocycles. The van der Waals surface area contributed by atoms with Gasteiger partial charge in [0.2, 0.25) is 0 Å². The Morgan fingerprint density at radius 2 is 1.77 bits per heavy atom. The van der Waals surface area contributed by atoms with Gasteiger partial charge >= 0.3 is 0 Å². The number of thioether (sulfide) groups is 1. The molecule has 0 aliphatic heterocycles. The lowest BCUT2D eigenvalue weighted by Gasteiger charge is -2.11. The summed E-state index contributed by atoms with van der Waals surface area (Å²) in [5.74, 6) is 0.974. The van der Waals surface area contributed by atoms with Crippen molar-refractivity contribution in [3.05, 3.63) is 65.7 Å². The van der Waals surface area contributed by atoms with Crippen LogP contribution < -0.4 is 15.6 Å². The minimum absolute atomic E-state index is 0.292. The normalized spacial score (nSPS) is 9.86. The van der Waals surface area contributed by atoms with Crippen LogP contribution in [0.25, 0.3) is 0 Å². The van der Waals surface area contributed by atoms with Gasteiger partial charge in [0, 0.05) is 5.75 Å². The molecule has 2 aromatic carbocycles. The van der Waals surface area contributed by atoms with E-state index < -0.39 is 0 Å². The minimum Gasteiger partial charge on any atom is -0.496 e. The first-order chi connectivity index (χ1) is 10.7. The molecule has 22 heavy (non-hydrogen) atoms. The molecule has 0 saturated carbocycles. The molecule has 0 heterocycles. The molecule has 0 aliphatic rings. The van der Waals surface area contributed by atoms with Crippen LogP contribution in [0.4, 0.5) is 0 Å². The van der Waals surface area contributed by atoms with E-state index in [0.29, 0.717) is 15.6 Å². The number of benzene rings is 2. The van der Waals surface area contributed by atoms with E-state index in [4.69, 9.17) is 17.0 Å². The summed E-state index contributed by atoms with van der Waals surface area (Å²) >= 11 is 6.64. The number of carbonyl (C=O) groups is 1. The second kappa shape index (κ2) is 8.41. The first kappa shape index (κ1) is 16.3. The van der Waals surface area contributed by atoms with E-state index in [0.717, 1.165) is 5.75 Å². The zero-order valence-electron chi connectivity index (χ0n) is 12.0. The molecule has 0 saturated heterocycles. The van der Waals surface area contributed by atoms with E-state index in [2.05, 4.69) is 10.9 Å². The largest absolute Gasteiger partial charge is 0.496 e. The Hall–Kier alpha value is -2.05. The molecule has 0 atom stereocenters. The molecule has 2 N–H and O–H groups in total. The molecule has 0 aromatic heterocycles. The van der Waals surface area contributed by atoms with Gasteiger partial charge in [-0.15, -0.1) is 0 Å². The van der Waals surface area contributed by atoms with E-state index in [9.17, 15) is 4.79 Å².